The summed E-state index contributed by atoms with van der Waals surface area (Å²) >= 11 is 0. The van der Waals surface area contributed by atoms with Gasteiger partial charge in [0.05, 0.1) is 12.2 Å². The quantitative estimate of drug-likeness (QED) is 0.632. The van der Waals surface area contributed by atoms with E-state index in [2.05, 4.69) is 6.92 Å². The van der Waals surface area contributed by atoms with Crippen molar-refractivity contribution in [3.05, 3.63) is 0 Å². The maximum atomic E-state index is 9.82. The van der Waals surface area contributed by atoms with Gasteiger partial charge in [-0.2, -0.15) is 0 Å². The highest BCUT2D eigenvalue weighted by molar-refractivity contribution is 4.79. The van der Waals surface area contributed by atoms with Gasteiger partial charge >= 0.3 is 0 Å². The summed E-state index contributed by atoms with van der Waals surface area (Å²) < 4.78 is 0. The Balaban J connectivity index is 2.40. The average molecular weight is 172 g/mol. The minimum Gasteiger partial charge on any atom is -0.393 e. The molecule has 2 heteroatoms. The van der Waals surface area contributed by atoms with E-state index in [1.165, 1.54) is 12.8 Å². The van der Waals surface area contributed by atoms with Crippen LogP contribution in [0.4, 0.5) is 0 Å². The Bertz CT molecular complexity index is 124. The first-order valence-electron chi connectivity index (χ1n) is 4.99. The molecule has 0 aromatic heterocycles. The van der Waals surface area contributed by atoms with Crippen molar-refractivity contribution >= 4 is 0 Å². The van der Waals surface area contributed by atoms with E-state index in [1.807, 2.05) is 0 Å². The van der Waals surface area contributed by atoms with E-state index in [-0.39, 0.29) is 6.61 Å². The van der Waals surface area contributed by atoms with Crippen LogP contribution < -0.4 is 0 Å². The maximum Gasteiger partial charge on any atom is 0.0877 e. The molecule has 0 aliphatic heterocycles. The topological polar surface area (TPSA) is 40.5 Å². The summed E-state index contributed by atoms with van der Waals surface area (Å²) in [7, 11) is 0. The summed E-state index contributed by atoms with van der Waals surface area (Å²) in [5.41, 5.74) is -0.764. The molecule has 0 aromatic rings. The van der Waals surface area contributed by atoms with E-state index in [1.54, 1.807) is 0 Å². The zero-order chi connectivity index (χ0) is 9.03. The summed E-state index contributed by atoms with van der Waals surface area (Å²) in [6.07, 6.45) is 6.04. The Morgan fingerprint density at radius 2 is 1.75 bits per heavy atom. The fourth-order valence-electron chi connectivity index (χ4n) is 1.99. The normalized spacial score (nSPS) is 38.8. The second kappa shape index (κ2) is 4.24. The Hall–Kier alpha value is -0.0800. The molecule has 0 saturated heterocycles. The van der Waals surface area contributed by atoms with Gasteiger partial charge in [-0.1, -0.05) is 32.6 Å². The van der Waals surface area contributed by atoms with Crippen LogP contribution in [0.2, 0.25) is 0 Å². The number of rotatable bonds is 1. The van der Waals surface area contributed by atoms with E-state index in [9.17, 15) is 5.11 Å². The van der Waals surface area contributed by atoms with E-state index >= 15 is 0 Å². The van der Waals surface area contributed by atoms with Crippen LogP contribution in [0.3, 0.4) is 0 Å². The van der Waals surface area contributed by atoms with Gasteiger partial charge in [0.1, 0.15) is 0 Å². The van der Waals surface area contributed by atoms with Crippen LogP contribution in [0.1, 0.15) is 45.4 Å². The molecular formula is C10H20O2. The van der Waals surface area contributed by atoms with Crippen LogP contribution in [0.15, 0.2) is 0 Å². The van der Waals surface area contributed by atoms with Gasteiger partial charge in [-0.15, -0.1) is 0 Å². The largest absolute Gasteiger partial charge is 0.393 e. The number of aliphatic hydroxyl groups excluding tert-OH is 1. The SMILES string of the molecule is CC1CCCC(O)(CO)CCC1. The lowest BCUT2D eigenvalue weighted by molar-refractivity contribution is -0.0361. The number of aliphatic hydroxyl groups is 2. The zero-order valence-corrected chi connectivity index (χ0v) is 7.92. The molecule has 0 bridgehead atoms. The van der Waals surface area contributed by atoms with Gasteiger partial charge in [0.25, 0.3) is 0 Å². The molecule has 2 nitrogen and oxygen atoms in total. The smallest absolute Gasteiger partial charge is 0.0877 e. The molecule has 0 amide bonds. The van der Waals surface area contributed by atoms with Crippen molar-refractivity contribution in [1.82, 2.24) is 0 Å². The summed E-state index contributed by atoms with van der Waals surface area (Å²) in [6, 6.07) is 0. The third-order valence-electron chi connectivity index (χ3n) is 2.97. The molecule has 12 heavy (non-hydrogen) atoms. The lowest BCUT2D eigenvalue weighted by Crippen LogP contribution is -2.34. The van der Waals surface area contributed by atoms with Crippen LogP contribution >= 0.6 is 0 Å². The van der Waals surface area contributed by atoms with Crippen LogP contribution in [-0.2, 0) is 0 Å². The van der Waals surface area contributed by atoms with Crippen molar-refractivity contribution in [1.29, 1.82) is 0 Å². The summed E-state index contributed by atoms with van der Waals surface area (Å²) in [4.78, 5) is 0. The standard InChI is InChI=1S/C10H20O2/c1-9-4-2-6-10(12,8-11)7-3-5-9/h9,11-12H,2-8H2,1H3. The first kappa shape index (κ1) is 10.0. The van der Waals surface area contributed by atoms with E-state index in [0.29, 0.717) is 0 Å². The molecule has 0 unspecified atom stereocenters. The molecule has 0 atom stereocenters. The van der Waals surface area contributed by atoms with Crippen LogP contribution in [-0.4, -0.2) is 22.4 Å². The number of hydrogen-bond acceptors (Lipinski definition) is 2. The molecule has 0 spiro atoms. The maximum absolute atomic E-state index is 9.82. The first-order chi connectivity index (χ1) is 5.66. The van der Waals surface area contributed by atoms with Crippen molar-refractivity contribution in [2.24, 2.45) is 5.92 Å². The highest BCUT2D eigenvalue weighted by Crippen LogP contribution is 2.28. The average Bonchev–Trinajstić information content (AvgIpc) is 2.01. The lowest BCUT2D eigenvalue weighted by atomic mass is 9.84. The molecule has 1 aliphatic carbocycles. The van der Waals surface area contributed by atoms with E-state index in [0.717, 1.165) is 31.6 Å². The van der Waals surface area contributed by atoms with Crippen molar-refractivity contribution in [2.75, 3.05) is 6.61 Å². The van der Waals surface area contributed by atoms with Crippen molar-refractivity contribution in [3.8, 4) is 0 Å². The van der Waals surface area contributed by atoms with Gasteiger partial charge < -0.3 is 10.2 Å². The van der Waals surface area contributed by atoms with E-state index < -0.39 is 5.60 Å². The lowest BCUT2D eigenvalue weighted by Gasteiger charge is -2.29. The highest BCUT2D eigenvalue weighted by Gasteiger charge is 2.26. The fraction of sp³-hybridized carbons (Fsp3) is 1.00. The van der Waals surface area contributed by atoms with Gasteiger partial charge in [0.15, 0.2) is 0 Å². The molecule has 0 heterocycles. The Morgan fingerprint density at radius 1 is 1.25 bits per heavy atom. The fourth-order valence-corrected chi connectivity index (χ4v) is 1.99. The van der Waals surface area contributed by atoms with Crippen molar-refractivity contribution in [2.45, 2.75) is 51.0 Å². The van der Waals surface area contributed by atoms with Gasteiger partial charge in [0.2, 0.25) is 0 Å². The van der Waals surface area contributed by atoms with Crippen molar-refractivity contribution < 1.29 is 10.2 Å². The van der Waals surface area contributed by atoms with Crippen LogP contribution in [0.5, 0.6) is 0 Å². The zero-order valence-electron chi connectivity index (χ0n) is 7.92. The molecule has 1 saturated carbocycles. The molecule has 0 radical (unpaired) electrons. The van der Waals surface area contributed by atoms with Gasteiger partial charge in [-0.05, 0) is 18.8 Å². The predicted octanol–water partition coefficient (Wildman–Crippen LogP) is 1.70. The summed E-state index contributed by atoms with van der Waals surface area (Å²) in [5, 5.41) is 18.8. The predicted molar refractivity (Wildman–Crippen MR) is 48.9 cm³/mol. The molecule has 0 aromatic carbocycles. The first-order valence-corrected chi connectivity index (χ1v) is 4.99. The molecular weight excluding hydrogens is 152 g/mol. The summed E-state index contributed by atoms with van der Waals surface area (Å²) in [5.74, 6) is 0.799. The minimum atomic E-state index is -0.764. The third kappa shape index (κ3) is 2.76. The highest BCUT2D eigenvalue weighted by atomic mass is 16.3. The summed E-state index contributed by atoms with van der Waals surface area (Å²) in [6.45, 7) is 2.20. The van der Waals surface area contributed by atoms with E-state index in [4.69, 9.17) is 5.11 Å². The van der Waals surface area contributed by atoms with Gasteiger partial charge in [-0.25, -0.2) is 0 Å². The minimum absolute atomic E-state index is 0.0681. The van der Waals surface area contributed by atoms with Crippen LogP contribution in [0, 0.1) is 5.92 Å². The Morgan fingerprint density at radius 3 is 2.17 bits per heavy atom. The monoisotopic (exact) mass is 172 g/mol. The Kier molecular flexibility index (Phi) is 3.53. The molecule has 72 valence electrons. The number of hydrogen-bond donors (Lipinski definition) is 2. The second-order valence-corrected chi connectivity index (χ2v) is 4.27. The molecule has 2 N–H and O–H groups in total. The van der Waals surface area contributed by atoms with Gasteiger partial charge in [0, 0.05) is 0 Å². The van der Waals surface area contributed by atoms with Crippen LogP contribution in [0.25, 0.3) is 0 Å². The molecule has 1 rings (SSSR count). The second-order valence-electron chi connectivity index (χ2n) is 4.27. The Labute approximate surface area is 74.6 Å². The molecule has 1 aliphatic rings. The van der Waals surface area contributed by atoms with Gasteiger partial charge in [-0.3, -0.25) is 0 Å². The molecule has 1 fully saturated rings. The third-order valence-corrected chi connectivity index (χ3v) is 2.97. The van der Waals surface area contributed by atoms with Crippen molar-refractivity contribution in [3.63, 3.8) is 0 Å².